The first kappa shape index (κ1) is 14.7. The monoisotopic (exact) mass is 313 g/mol. The summed E-state index contributed by atoms with van der Waals surface area (Å²) in [7, 11) is 0. The van der Waals surface area contributed by atoms with E-state index in [9.17, 15) is 8.78 Å². The van der Waals surface area contributed by atoms with Crippen molar-refractivity contribution in [1.29, 1.82) is 0 Å². The molecule has 6 heteroatoms. The van der Waals surface area contributed by atoms with Crippen molar-refractivity contribution in [3.8, 4) is 5.75 Å². The fourth-order valence-corrected chi connectivity index (χ4v) is 2.00. The summed E-state index contributed by atoms with van der Waals surface area (Å²) in [6, 6.07) is 8.44. The zero-order chi connectivity index (χ0) is 14.7. The minimum atomic E-state index is -0.561. The number of hydrogen-bond acceptors (Lipinski definition) is 2. The predicted octanol–water partition coefficient (Wildman–Crippen LogP) is 3.83. The van der Waals surface area contributed by atoms with Gasteiger partial charge in [0, 0.05) is 5.56 Å². The van der Waals surface area contributed by atoms with Gasteiger partial charge in [-0.3, -0.25) is 0 Å². The molecule has 104 valence electrons. The summed E-state index contributed by atoms with van der Waals surface area (Å²) in [5, 5.41) is 0.168. The summed E-state index contributed by atoms with van der Waals surface area (Å²) in [6.45, 7) is 0.0244. The van der Waals surface area contributed by atoms with Gasteiger partial charge < -0.3 is 10.5 Å². The van der Waals surface area contributed by atoms with Crippen molar-refractivity contribution in [3.05, 3.63) is 64.2 Å². The van der Waals surface area contributed by atoms with Gasteiger partial charge in [0.1, 0.15) is 17.4 Å². The van der Waals surface area contributed by atoms with Gasteiger partial charge in [0.05, 0.1) is 5.02 Å². The minimum Gasteiger partial charge on any atom is -0.484 e. The molecule has 2 aromatic rings. The van der Waals surface area contributed by atoms with Gasteiger partial charge in [0.25, 0.3) is 0 Å². The molecule has 2 aromatic carbocycles. The molecule has 0 heterocycles. The van der Waals surface area contributed by atoms with Crippen molar-refractivity contribution in [3.63, 3.8) is 0 Å². The first-order chi connectivity index (χ1) is 9.49. The van der Waals surface area contributed by atoms with Crippen LogP contribution in [0.2, 0.25) is 5.02 Å². The van der Waals surface area contributed by atoms with Gasteiger partial charge in [-0.25, -0.2) is 8.78 Å². The van der Waals surface area contributed by atoms with Crippen LogP contribution in [0.4, 0.5) is 8.78 Å². The molecule has 0 bridgehead atoms. The highest BCUT2D eigenvalue weighted by atomic mass is 35.5. The van der Waals surface area contributed by atoms with Gasteiger partial charge in [-0.05, 0) is 29.8 Å². The first-order valence-corrected chi connectivity index (χ1v) is 6.42. The molecule has 0 saturated carbocycles. The number of nitrogens with two attached hydrogens (primary N) is 1. The third-order valence-corrected chi connectivity index (χ3v) is 3.12. The Morgan fingerprint density at radius 1 is 1.20 bits per heavy atom. The van der Waals surface area contributed by atoms with Gasteiger partial charge in [0.15, 0.2) is 11.6 Å². The molecule has 0 saturated heterocycles. The number of benzene rings is 2. The molecule has 0 aromatic heterocycles. The summed E-state index contributed by atoms with van der Waals surface area (Å²) in [5.74, 6) is -1.12. The van der Waals surface area contributed by atoms with Crippen molar-refractivity contribution >= 4 is 28.8 Å². The van der Waals surface area contributed by atoms with Crippen molar-refractivity contribution in [2.24, 2.45) is 5.73 Å². The van der Waals surface area contributed by atoms with Crippen LogP contribution < -0.4 is 10.5 Å². The fraction of sp³-hybridized carbons (Fsp3) is 0.0714. The SMILES string of the molecule is NC(=S)c1cc(COc2c(F)cccc2Cl)ccc1F. The average Bonchev–Trinajstić information content (AvgIpc) is 2.39. The summed E-state index contributed by atoms with van der Waals surface area (Å²) >= 11 is 10.6. The molecule has 0 unspecified atom stereocenters. The number of para-hydroxylation sites is 1. The Hall–Kier alpha value is -1.72. The highest BCUT2D eigenvalue weighted by molar-refractivity contribution is 7.80. The van der Waals surface area contributed by atoms with E-state index >= 15 is 0 Å². The van der Waals surface area contributed by atoms with Crippen LogP contribution >= 0.6 is 23.8 Å². The maximum Gasteiger partial charge on any atom is 0.174 e. The molecule has 0 atom stereocenters. The van der Waals surface area contributed by atoms with Crippen LogP contribution in [0.15, 0.2) is 36.4 Å². The molecule has 0 aliphatic carbocycles. The maximum absolute atomic E-state index is 13.5. The van der Waals surface area contributed by atoms with E-state index in [1.54, 1.807) is 0 Å². The van der Waals surface area contributed by atoms with E-state index < -0.39 is 11.6 Å². The van der Waals surface area contributed by atoms with Crippen molar-refractivity contribution in [2.45, 2.75) is 6.61 Å². The summed E-state index contributed by atoms with van der Waals surface area (Å²) in [6.07, 6.45) is 0. The number of halogens is 3. The normalized spacial score (nSPS) is 10.3. The molecule has 0 aliphatic rings. The second-order valence-electron chi connectivity index (χ2n) is 4.02. The largest absolute Gasteiger partial charge is 0.484 e. The maximum atomic E-state index is 13.5. The van der Waals surface area contributed by atoms with Crippen LogP contribution in [0, 0.1) is 11.6 Å². The summed E-state index contributed by atoms with van der Waals surface area (Å²) < 4.78 is 32.3. The minimum absolute atomic E-state index is 0.0244. The lowest BCUT2D eigenvalue weighted by atomic mass is 10.1. The van der Waals surface area contributed by atoms with Gasteiger partial charge in [-0.15, -0.1) is 0 Å². The lowest BCUT2D eigenvalue weighted by molar-refractivity contribution is 0.290. The second-order valence-corrected chi connectivity index (χ2v) is 4.86. The molecule has 0 fully saturated rings. The molecule has 2 N–H and O–H groups in total. The molecule has 0 amide bonds. The lowest BCUT2D eigenvalue weighted by Crippen LogP contribution is -2.12. The van der Waals surface area contributed by atoms with Crippen molar-refractivity contribution in [2.75, 3.05) is 0 Å². The first-order valence-electron chi connectivity index (χ1n) is 5.64. The number of rotatable bonds is 4. The van der Waals surface area contributed by atoms with E-state index in [1.165, 1.54) is 36.4 Å². The van der Waals surface area contributed by atoms with Crippen molar-refractivity contribution < 1.29 is 13.5 Å². The van der Waals surface area contributed by atoms with Crippen LogP contribution in [0.3, 0.4) is 0 Å². The van der Waals surface area contributed by atoms with Crippen LogP contribution in [0.1, 0.15) is 11.1 Å². The smallest absolute Gasteiger partial charge is 0.174 e. The third-order valence-electron chi connectivity index (χ3n) is 2.60. The summed E-state index contributed by atoms with van der Waals surface area (Å²) in [5.41, 5.74) is 6.14. The number of hydrogen-bond donors (Lipinski definition) is 1. The average molecular weight is 314 g/mol. The second kappa shape index (κ2) is 6.15. The van der Waals surface area contributed by atoms with E-state index in [0.717, 1.165) is 0 Å². The highest BCUT2D eigenvalue weighted by Crippen LogP contribution is 2.28. The van der Waals surface area contributed by atoms with Crippen molar-refractivity contribution in [1.82, 2.24) is 0 Å². The molecule has 0 radical (unpaired) electrons. The quantitative estimate of drug-likeness (QED) is 0.871. The Labute approximate surface area is 125 Å². The van der Waals surface area contributed by atoms with Gasteiger partial charge in [-0.1, -0.05) is 36.0 Å². The fourth-order valence-electron chi connectivity index (χ4n) is 1.63. The Morgan fingerprint density at radius 3 is 2.60 bits per heavy atom. The van der Waals surface area contributed by atoms with E-state index in [0.29, 0.717) is 5.56 Å². The summed E-state index contributed by atoms with van der Waals surface area (Å²) in [4.78, 5) is -0.0479. The third kappa shape index (κ3) is 3.23. The topological polar surface area (TPSA) is 35.2 Å². The molecule has 2 rings (SSSR count). The van der Waals surface area contributed by atoms with Gasteiger partial charge in [-0.2, -0.15) is 0 Å². The van der Waals surface area contributed by atoms with E-state index in [1.807, 2.05) is 0 Å². The molecular formula is C14H10ClF2NOS. The van der Waals surface area contributed by atoms with Gasteiger partial charge >= 0.3 is 0 Å². The standard InChI is InChI=1S/C14H10ClF2NOS/c15-10-2-1-3-12(17)13(10)19-7-8-4-5-11(16)9(6-8)14(18)20/h1-6H,7H2,(H2,18,20). The molecular weight excluding hydrogens is 304 g/mol. The van der Waals surface area contributed by atoms with Gasteiger partial charge in [0.2, 0.25) is 0 Å². The Balaban J connectivity index is 2.19. The van der Waals surface area contributed by atoms with Crippen LogP contribution in [0.5, 0.6) is 5.75 Å². The van der Waals surface area contributed by atoms with Crippen LogP contribution in [0.25, 0.3) is 0 Å². The van der Waals surface area contributed by atoms with Crippen LogP contribution in [-0.2, 0) is 6.61 Å². The zero-order valence-corrected chi connectivity index (χ0v) is 11.8. The van der Waals surface area contributed by atoms with Crippen LogP contribution in [-0.4, -0.2) is 4.99 Å². The molecule has 20 heavy (non-hydrogen) atoms. The van der Waals surface area contributed by atoms with E-state index in [-0.39, 0.29) is 27.9 Å². The number of ether oxygens (including phenoxy) is 1. The molecule has 0 spiro atoms. The lowest BCUT2D eigenvalue weighted by Gasteiger charge is -2.10. The Kier molecular flexibility index (Phi) is 4.52. The Morgan fingerprint density at radius 2 is 1.95 bits per heavy atom. The zero-order valence-electron chi connectivity index (χ0n) is 10.2. The molecule has 0 aliphatic heterocycles. The molecule has 2 nitrogen and oxygen atoms in total. The highest BCUT2D eigenvalue weighted by Gasteiger charge is 2.10. The van der Waals surface area contributed by atoms with E-state index in [4.69, 9.17) is 34.3 Å². The number of thiocarbonyl (C=S) groups is 1. The Bertz CT molecular complexity index is 643. The van der Waals surface area contributed by atoms with E-state index in [2.05, 4.69) is 0 Å². The predicted molar refractivity (Wildman–Crippen MR) is 78.0 cm³/mol.